The van der Waals surface area contributed by atoms with Gasteiger partial charge in [-0.05, 0) is 23.3 Å². The lowest BCUT2D eigenvalue weighted by Crippen LogP contribution is -2.14. The highest BCUT2D eigenvalue weighted by atomic mass is 35.5. The van der Waals surface area contributed by atoms with Crippen LogP contribution in [0.15, 0.2) is 100 Å². The monoisotopic (exact) mass is 387 g/mol. The van der Waals surface area contributed by atoms with Gasteiger partial charge in [0.25, 0.3) is 0 Å². The molecule has 0 saturated heterocycles. The van der Waals surface area contributed by atoms with Gasteiger partial charge < -0.3 is 4.84 Å². The standard InChI is InChI=1S/C23H18ClN3O/c24-20-13-11-18(12-14-20)22-21(15-25-28-16-17-7-3-1-4-8-17)26-23(27-22)19-9-5-2-6-10-19/h1-15,23H,16H2/b25-15+. The Morgan fingerprint density at radius 2 is 1.54 bits per heavy atom. The van der Waals surface area contributed by atoms with E-state index in [0.717, 1.165) is 22.4 Å². The van der Waals surface area contributed by atoms with Crippen LogP contribution in [0, 0.1) is 0 Å². The van der Waals surface area contributed by atoms with Gasteiger partial charge in [0.05, 0.1) is 11.9 Å². The van der Waals surface area contributed by atoms with E-state index in [1.807, 2.05) is 84.9 Å². The molecular weight excluding hydrogens is 370 g/mol. The summed E-state index contributed by atoms with van der Waals surface area (Å²) in [6.07, 6.45) is 1.33. The van der Waals surface area contributed by atoms with Crippen LogP contribution in [0.5, 0.6) is 0 Å². The van der Waals surface area contributed by atoms with Crippen molar-refractivity contribution in [2.45, 2.75) is 12.8 Å². The van der Waals surface area contributed by atoms with Gasteiger partial charge >= 0.3 is 0 Å². The minimum Gasteiger partial charge on any atom is -0.391 e. The molecule has 0 fully saturated rings. The van der Waals surface area contributed by atoms with Crippen molar-refractivity contribution >= 4 is 29.2 Å². The van der Waals surface area contributed by atoms with Crippen molar-refractivity contribution in [1.29, 1.82) is 0 Å². The molecule has 0 aromatic heterocycles. The summed E-state index contributed by atoms with van der Waals surface area (Å²) in [5.74, 6) is 0. The number of benzene rings is 3. The van der Waals surface area contributed by atoms with Crippen molar-refractivity contribution in [3.05, 3.63) is 107 Å². The minimum atomic E-state index is -0.289. The number of hydrogen-bond donors (Lipinski definition) is 0. The molecule has 4 nitrogen and oxygen atoms in total. The molecule has 5 heteroatoms. The lowest BCUT2D eigenvalue weighted by Gasteiger charge is -2.03. The van der Waals surface area contributed by atoms with E-state index in [2.05, 4.69) is 5.16 Å². The largest absolute Gasteiger partial charge is 0.391 e. The topological polar surface area (TPSA) is 46.3 Å². The summed E-state index contributed by atoms with van der Waals surface area (Å²) in [5.41, 5.74) is 4.49. The van der Waals surface area contributed by atoms with Gasteiger partial charge in [-0.25, -0.2) is 4.99 Å². The van der Waals surface area contributed by atoms with E-state index in [4.69, 9.17) is 26.4 Å². The molecule has 4 rings (SSSR count). The van der Waals surface area contributed by atoms with Gasteiger partial charge in [-0.3, -0.25) is 4.99 Å². The third-order valence-corrected chi connectivity index (χ3v) is 4.55. The second-order valence-electron chi connectivity index (χ2n) is 6.28. The Labute approximate surface area is 168 Å². The maximum Gasteiger partial charge on any atom is 0.166 e. The van der Waals surface area contributed by atoms with Crippen molar-refractivity contribution in [3.8, 4) is 0 Å². The van der Waals surface area contributed by atoms with Crippen LogP contribution in [0.25, 0.3) is 0 Å². The van der Waals surface area contributed by atoms with Crippen molar-refractivity contribution < 1.29 is 4.84 Å². The maximum absolute atomic E-state index is 6.02. The molecule has 1 aliphatic rings. The van der Waals surface area contributed by atoms with Crippen LogP contribution >= 0.6 is 11.6 Å². The lowest BCUT2D eigenvalue weighted by atomic mass is 10.1. The van der Waals surface area contributed by atoms with E-state index in [1.54, 1.807) is 6.21 Å². The lowest BCUT2D eigenvalue weighted by molar-refractivity contribution is 0.132. The smallest absolute Gasteiger partial charge is 0.166 e. The van der Waals surface area contributed by atoms with E-state index in [9.17, 15) is 0 Å². The van der Waals surface area contributed by atoms with Gasteiger partial charge in [0.2, 0.25) is 0 Å². The molecule has 28 heavy (non-hydrogen) atoms. The third kappa shape index (κ3) is 4.35. The molecule has 1 heterocycles. The van der Waals surface area contributed by atoms with Gasteiger partial charge in [0.1, 0.15) is 12.3 Å². The zero-order chi connectivity index (χ0) is 19.2. The summed E-state index contributed by atoms with van der Waals surface area (Å²) in [6, 6.07) is 27.4. The van der Waals surface area contributed by atoms with Gasteiger partial charge in [0.15, 0.2) is 6.17 Å². The van der Waals surface area contributed by atoms with E-state index in [0.29, 0.717) is 17.3 Å². The SMILES string of the molecule is Clc1ccc(C2=NC(c3ccccc3)N=C2/C=N/OCc2ccccc2)cc1. The molecule has 1 unspecified atom stereocenters. The van der Waals surface area contributed by atoms with Crippen molar-refractivity contribution in [2.24, 2.45) is 15.1 Å². The summed E-state index contributed by atoms with van der Waals surface area (Å²) < 4.78 is 0. The first-order valence-corrected chi connectivity index (χ1v) is 9.33. The molecule has 0 saturated carbocycles. The van der Waals surface area contributed by atoms with Crippen LogP contribution in [-0.4, -0.2) is 17.6 Å². The highest BCUT2D eigenvalue weighted by Crippen LogP contribution is 2.26. The Morgan fingerprint density at radius 1 is 0.857 bits per heavy atom. The molecule has 0 radical (unpaired) electrons. The quantitative estimate of drug-likeness (QED) is 0.407. The van der Waals surface area contributed by atoms with Gasteiger partial charge in [-0.1, -0.05) is 89.6 Å². The fourth-order valence-electron chi connectivity index (χ4n) is 2.88. The van der Waals surface area contributed by atoms with E-state index >= 15 is 0 Å². The van der Waals surface area contributed by atoms with Crippen LogP contribution in [0.4, 0.5) is 0 Å². The van der Waals surface area contributed by atoms with Gasteiger partial charge in [0, 0.05) is 10.6 Å². The normalized spacial score (nSPS) is 16.1. The first-order chi connectivity index (χ1) is 13.8. The molecule has 0 N–H and O–H groups in total. The molecule has 1 atom stereocenters. The van der Waals surface area contributed by atoms with Crippen molar-refractivity contribution in [2.75, 3.05) is 0 Å². The Morgan fingerprint density at radius 3 is 2.25 bits per heavy atom. The molecule has 1 aliphatic heterocycles. The van der Waals surface area contributed by atoms with Crippen LogP contribution < -0.4 is 0 Å². The van der Waals surface area contributed by atoms with Crippen LogP contribution in [-0.2, 0) is 11.4 Å². The summed E-state index contributed by atoms with van der Waals surface area (Å²) in [7, 11) is 0. The molecule has 3 aromatic rings. The second kappa shape index (κ2) is 8.63. The summed E-state index contributed by atoms with van der Waals surface area (Å²) in [4.78, 5) is 15.0. The predicted molar refractivity (Wildman–Crippen MR) is 114 cm³/mol. The summed E-state index contributed by atoms with van der Waals surface area (Å²) in [5, 5.41) is 4.79. The molecule has 0 bridgehead atoms. The molecule has 0 amide bonds. The number of halogens is 1. The van der Waals surface area contributed by atoms with E-state index in [1.165, 1.54) is 0 Å². The number of hydrogen-bond acceptors (Lipinski definition) is 4. The number of aliphatic imine (C=N–C) groups is 2. The Hall–Kier alpha value is -3.24. The molecular formula is C23H18ClN3O. The van der Waals surface area contributed by atoms with Crippen LogP contribution in [0.1, 0.15) is 22.9 Å². The van der Waals surface area contributed by atoms with Gasteiger partial charge in [-0.15, -0.1) is 0 Å². The second-order valence-corrected chi connectivity index (χ2v) is 6.71. The van der Waals surface area contributed by atoms with E-state index in [-0.39, 0.29) is 6.17 Å². The first kappa shape index (κ1) is 18.1. The predicted octanol–water partition coefficient (Wildman–Crippen LogP) is 5.49. The van der Waals surface area contributed by atoms with E-state index < -0.39 is 0 Å². The third-order valence-electron chi connectivity index (χ3n) is 4.29. The average molecular weight is 388 g/mol. The highest BCUT2D eigenvalue weighted by Gasteiger charge is 2.22. The zero-order valence-electron chi connectivity index (χ0n) is 15.1. The Balaban J connectivity index is 1.56. The fraction of sp³-hybridized carbons (Fsp3) is 0.0870. The van der Waals surface area contributed by atoms with Crippen molar-refractivity contribution in [3.63, 3.8) is 0 Å². The zero-order valence-corrected chi connectivity index (χ0v) is 15.8. The molecule has 3 aromatic carbocycles. The Bertz CT molecular complexity index is 1010. The van der Waals surface area contributed by atoms with Crippen LogP contribution in [0.3, 0.4) is 0 Å². The molecule has 138 valence electrons. The fourth-order valence-corrected chi connectivity index (χ4v) is 3.01. The summed E-state index contributed by atoms with van der Waals surface area (Å²) in [6.45, 7) is 0.403. The average Bonchev–Trinajstić information content (AvgIpc) is 3.17. The molecule has 0 aliphatic carbocycles. The van der Waals surface area contributed by atoms with Crippen LogP contribution in [0.2, 0.25) is 5.02 Å². The number of nitrogens with zero attached hydrogens (tertiary/aromatic N) is 3. The Kier molecular flexibility index (Phi) is 5.59. The number of oxime groups is 1. The molecule has 0 spiro atoms. The summed E-state index contributed by atoms with van der Waals surface area (Å²) >= 11 is 6.02. The minimum absolute atomic E-state index is 0.289. The van der Waals surface area contributed by atoms with Gasteiger partial charge in [-0.2, -0.15) is 0 Å². The van der Waals surface area contributed by atoms with Crippen molar-refractivity contribution in [1.82, 2.24) is 0 Å². The maximum atomic E-state index is 6.02. The highest BCUT2D eigenvalue weighted by molar-refractivity contribution is 6.67. The first-order valence-electron chi connectivity index (χ1n) is 8.96. The number of rotatable bonds is 6.